The van der Waals surface area contributed by atoms with E-state index in [2.05, 4.69) is 21.1 Å². The molecular formula is C22H13N7O. The Morgan fingerprint density at radius 2 is 1.80 bits per heavy atom. The van der Waals surface area contributed by atoms with Crippen molar-refractivity contribution in [3.8, 4) is 17.2 Å². The van der Waals surface area contributed by atoms with Crippen molar-refractivity contribution < 1.29 is 0 Å². The first-order valence-electron chi connectivity index (χ1n) is 9.33. The summed E-state index contributed by atoms with van der Waals surface area (Å²) in [4.78, 5) is 25.5. The monoisotopic (exact) mass is 391 g/mol. The molecule has 0 aliphatic rings. The third-order valence-corrected chi connectivity index (χ3v) is 5.34. The number of hydrogen-bond donors (Lipinski definition) is 1. The molecule has 0 aliphatic carbocycles. The van der Waals surface area contributed by atoms with Gasteiger partial charge in [-0.2, -0.15) is 10.2 Å². The maximum Gasteiger partial charge on any atom is 0.362 e. The molecule has 0 fully saturated rings. The molecule has 0 spiro atoms. The average molecular weight is 391 g/mol. The molecule has 0 aliphatic heterocycles. The lowest BCUT2D eigenvalue weighted by Crippen LogP contribution is -2.03. The SMILES string of the molecule is Cc1ccc(-c2c(C#N)c3nc4ccccc4n3c3ncn4[nH]c(=O)nc4c23)cc1. The van der Waals surface area contributed by atoms with Gasteiger partial charge in [-0.05, 0) is 24.6 Å². The van der Waals surface area contributed by atoms with Crippen molar-refractivity contribution >= 4 is 33.4 Å². The lowest BCUT2D eigenvalue weighted by atomic mass is 9.97. The number of nitriles is 1. The highest BCUT2D eigenvalue weighted by Crippen LogP contribution is 2.37. The standard InChI is InChI=1S/C22H13N7O/c1-12-6-8-13(9-7-12)17-14(10-23)19-25-15-4-2-3-5-16(15)29(19)20-18(17)21-26-22(30)27-28(21)11-24-20/h2-9,11H,1H3,(H,27,30). The van der Waals surface area contributed by atoms with Gasteiger partial charge in [-0.1, -0.05) is 42.0 Å². The molecule has 8 heteroatoms. The molecule has 1 N–H and O–H groups in total. The highest BCUT2D eigenvalue weighted by molar-refractivity contribution is 6.08. The Morgan fingerprint density at radius 1 is 1.00 bits per heavy atom. The predicted molar refractivity (Wildman–Crippen MR) is 112 cm³/mol. The summed E-state index contributed by atoms with van der Waals surface area (Å²) in [6.07, 6.45) is 1.52. The van der Waals surface area contributed by atoms with E-state index in [0.29, 0.717) is 33.5 Å². The number of fused-ring (bicyclic) bond motifs is 7. The van der Waals surface area contributed by atoms with Crippen molar-refractivity contribution in [3.63, 3.8) is 0 Å². The van der Waals surface area contributed by atoms with Crippen LogP contribution in [0, 0.1) is 18.3 Å². The molecule has 0 radical (unpaired) electrons. The third-order valence-electron chi connectivity index (χ3n) is 5.34. The number of nitrogens with zero attached hydrogens (tertiary/aromatic N) is 6. The summed E-state index contributed by atoms with van der Waals surface area (Å²) >= 11 is 0. The molecule has 0 unspecified atom stereocenters. The quantitative estimate of drug-likeness (QED) is 0.463. The maximum atomic E-state index is 12.0. The minimum atomic E-state index is -0.478. The van der Waals surface area contributed by atoms with Gasteiger partial charge in [0.15, 0.2) is 16.9 Å². The average Bonchev–Trinajstić information content (AvgIpc) is 3.33. The second-order valence-corrected chi connectivity index (χ2v) is 7.15. The molecule has 4 heterocycles. The van der Waals surface area contributed by atoms with Gasteiger partial charge in [-0.25, -0.2) is 24.4 Å². The molecule has 30 heavy (non-hydrogen) atoms. The minimum Gasteiger partial charge on any atom is -0.275 e. The molecule has 6 rings (SSSR count). The Kier molecular flexibility index (Phi) is 3.15. The summed E-state index contributed by atoms with van der Waals surface area (Å²) in [5.74, 6) is 0. The minimum absolute atomic E-state index is 0.410. The second-order valence-electron chi connectivity index (χ2n) is 7.15. The number of pyridine rings is 1. The number of aromatic amines is 1. The zero-order valence-corrected chi connectivity index (χ0v) is 15.8. The van der Waals surface area contributed by atoms with Gasteiger partial charge in [0.25, 0.3) is 0 Å². The van der Waals surface area contributed by atoms with Crippen molar-refractivity contribution in [2.75, 3.05) is 0 Å². The van der Waals surface area contributed by atoms with E-state index in [1.165, 1.54) is 10.8 Å². The van der Waals surface area contributed by atoms with E-state index in [-0.39, 0.29) is 0 Å². The maximum absolute atomic E-state index is 12.0. The molecule has 6 aromatic rings. The molecule has 0 saturated heterocycles. The summed E-state index contributed by atoms with van der Waals surface area (Å²) in [6, 6.07) is 17.9. The van der Waals surface area contributed by atoms with Crippen LogP contribution in [0.2, 0.25) is 0 Å². The van der Waals surface area contributed by atoms with Crippen LogP contribution in [0.15, 0.2) is 59.7 Å². The Balaban J connectivity index is 1.97. The number of imidazole rings is 1. The summed E-state index contributed by atoms with van der Waals surface area (Å²) in [5, 5.41) is 13.4. The fourth-order valence-electron chi connectivity index (χ4n) is 4.02. The molecule has 0 saturated carbocycles. The Morgan fingerprint density at radius 3 is 2.60 bits per heavy atom. The van der Waals surface area contributed by atoms with E-state index in [1.807, 2.05) is 59.9 Å². The van der Waals surface area contributed by atoms with Gasteiger partial charge in [0.2, 0.25) is 0 Å². The lowest BCUT2D eigenvalue weighted by molar-refractivity contribution is 0.908. The van der Waals surface area contributed by atoms with Gasteiger partial charge in [-0.3, -0.25) is 4.40 Å². The molecule has 8 nitrogen and oxygen atoms in total. The lowest BCUT2D eigenvalue weighted by Gasteiger charge is -2.12. The molecular weight excluding hydrogens is 378 g/mol. The third kappa shape index (κ3) is 2.08. The van der Waals surface area contributed by atoms with E-state index in [9.17, 15) is 10.1 Å². The summed E-state index contributed by atoms with van der Waals surface area (Å²) < 4.78 is 3.34. The highest BCUT2D eigenvalue weighted by atomic mass is 16.1. The van der Waals surface area contributed by atoms with Crippen molar-refractivity contribution in [1.82, 2.24) is 29.0 Å². The molecule has 2 aromatic carbocycles. The van der Waals surface area contributed by atoms with Gasteiger partial charge < -0.3 is 0 Å². The predicted octanol–water partition coefficient (Wildman–Crippen LogP) is 3.22. The van der Waals surface area contributed by atoms with Gasteiger partial charge in [0.1, 0.15) is 18.0 Å². The molecule has 0 atom stereocenters. The largest absolute Gasteiger partial charge is 0.362 e. The van der Waals surface area contributed by atoms with Crippen molar-refractivity contribution in [2.24, 2.45) is 0 Å². The molecule has 4 aromatic heterocycles. The zero-order chi connectivity index (χ0) is 20.4. The summed E-state index contributed by atoms with van der Waals surface area (Å²) in [5.41, 5.74) is 5.65. The molecule has 0 amide bonds. The number of benzene rings is 2. The normalized spacial score (nSPS) is 11.6. The smallest absolute Gasteiger partial charge is 0.275 e. The molecule has 0 bridgehead atoms. The van der Waals surface area contributed by atoms with Crippen LogP contribution >= 0.6 is 0 Å². The van der Waals surface area contributed by atoms with Gasteiger partial charge in [0.05, 0.1) is 16.4 Å². The van der Waals surface area contributed by atoms with Gasteiger partial charge >= 0.3 is 5.69 Å². The zero-order valence-electron chi connectivity index (χ0n) is 15.8. The van der Waals surface area contributed by atoms with Crippen LogP contribution in [-0.2, 0) is 0 Å². The van der Waals surface area contributed by atoms with Crippen LogP contribution in [0.25, 0.3) is 44.5 Å². The first-order valence-corrected chi connectivity index (χ1v) is 9.33. The second kappa shape index (κ2) is 5.75. The highest BCUT2D eigenvalue weighted by Gasteiger charge is 2.23. The van der Waals surface area contributed by atoms with Gasteiger partial charge in [-0.15, -0.1) is 0 Å². The van der Waals surface area contributed by atoms with Crippen molar-refractivity contribution in [1.29, 1.82) is 5.26 Å². The van der Waals surface area contributed by atoms with Crippen molar-refractivity contribution in [3.05, 3.63) is 76.5 Å². The van der Waals surface area contributed by atoms with Crippen LogP contribution in [0.5, 0.6) is 0 Å². The summed E-state index contributed by atoms with van der Waals surface area (Å²) in [6.45, 7) is 2.00. The fraction of sp³-hybridized carbons (Fsp3) is 0.0455. The summed E-state index contributed by atoms with van der Waals surface area (Å²) in [7, 11) is 0. The number of nitrogens with one attached hydrogen (secondary N) is 1. The number of hydrogen-bond acceptors (Lipinski definition) is 5. The van der Waals surface area contributed by atoms with Crippen LogP contribution in [0.3, 0.4) is 0 Å². The Hall–Kier alpha value is -4.51. The number of aromatic nitrogens is 6. The van der Waals surface area contributed by atoms with Crippen molar-refractivity contribution in [2.45, 2.75) is 6.92 Å². The van der Waals surface area contributed by atoms with Crippen LogP contribution in [0.1, 0.15) is 11.1 Å². The molecule has 142 valence electrons. The number of rotatable bonds is 1. The number of para-hydroxylation sites is 2. The van der Waals surface area contributed by atoms with Gasteiger partial charge in [0, 0.05) is 5.56 Å². The number of aryl methyl sites for hydroxylation is 1. The van der Waals surface area contributed by atoms with E-state index in [4.69, 9.17) is 4.98 Å². The number of H-pyrrole nitrogens is 1. The Bertz CT molecular complexity index is 1730. The Labute approximate surface area is 168 Å². The van der Waals surface area contributed by atoms with E-state index < -0.39 is 5.69 Å². The van der Waals surface area contributed by atoms with E-state index in [1.54, 1.807) is 0 Å². The van der Waals surface area contributed by atoms with E-state index >= 15 is 0 Å². The first kappa shape index (κ1) is 16.4. The van der Waals surface area contributed by atoms with Crippen LogP contribution in [-0.4, -0.2) is 29.0 Å². The fourth-order valence-corrected chi connectivity index (χ4v) is 4.02. The van der Waals surface area contributed by atoms with Crippen LogP contribution < -0.4 is 5.69 Å². The topological polar surface area (TPSA) is 104 Å². The van der Waals surface area contributed by atoms with E-state index in [0.717, 1.165) is 22.2 Å². The van der Waals surface area contributed by atoms with Crippen LogP contribution in [0.4, 0.5) is 0 Å². The first-order chi connectivity index (χ1) is 14.7.